The molecule has 1 heteroatoms. The number of allylic oxidation sites excluding steroid dienone is 12. The van der Waals surface area contributed by atoms with Gasteiger partial charge in [0.05, 0.1) is 0 Å². The van der Waals surface area contributed by atoms with Crippen molar-refractivity contribution in [3.63, 3.8) is 0 Å². The van der Waals surface area contributed by atoms with E-state index in [4.69, 9.17) is 0 Å². The Morgan fingerprint density at radius 3 is 2.22 bits per heavy atom. The predicted molar refractivity (Wildman–Crippen MR) is 120 cm³/mol. The fourth-order valence-corrected chi connectivity index (χ4v) is 3.13. The summed E-state index contributed by atoms with van der Waals surface area (Å²) in [7, 11) is 0. The standard InChI is InChI=1S/C26H37F/c1-10-19(4)17-18-21(11-2)22(12-3)20(5)23-15-13-14-16-24(23)26(9,27)25(6,7)8/h10,12,15-18H,3,5,11,13-14H2,1-2,4,6-9H3/b18-17-,19-10-,22-21-. The van der Waals surface area contributed by atoms with Crippen LogP contribution in [0, 0.1) is 5.41 Å². The molecule has 1 aliphatic rings. The Hall–Kier alpha value is -1.89. The fourth-order valence-electron chi connectivity index (χ4n) is 3.13. The Balaban J connectivity index is 3.44. The molecule has 0 aromatic heterocycles. The van der Waals surface area contributed by atoms with Gasteiger partial charge < -0.3 is 0 Å². The SMILES string of the molecule is C=C/C(C(=C)C1=CCCC=C1C(C)(F)C(C)(C)C)=C(/C=C\C(C)=C/C)CC. The molecule has 0 saturated heterocycles. The van der Waals surface area contributed by atoms with Crippen LogP contribution in [-0.4, -0.2) is 5.67 Å². The smallest absolute Gasteiger partial charge is 0.138 e. The highest BCUT2D eigenvalue weighted by atomic mass is 19.1. The van der Waals surface area contributed by atoms with E-state index in [1.54, 1.807) is 6.92 Å². The molecular weight excluding hydrogens is 331 g/mol. The van der Waals surface area contributed by atoms with E-state index >= 15 is 4.39 Å². The molecule has 0 aromatic rings. The molecule has 0 amide bonds. The summed E-state index contributed by atoms with van der Waals surface area (Å²) in [5.41, 5.74) is 4.00. The van der Waals surface area contributed by atoms with Crippen molar-refractivity contribution in [1.82, 2.24) is 0 Å². The van der Waals surface area contributed by atoms with Crippen LogP contribution in [-0.2, 0) is 0 Å². The highest BCUT2D eigenvalue weighted by molar-refractivity contribution is 5.63. The van der Waals surface area contributed by atoms with Crippen molar-refractivity contribution >= 4 is 0 Å². The fraction of sp³-hybridized carbons (Fsp3) is 0.462. The molecule has 27 heavy (non-hydrogen) atoms. The van der Waals surface area contributed by atoms with Crippen LogP contribution in [0.1, 0.15) is 67.7 Å². The molecule has 148 valence electrons. The number of hydrogen-bond acceptors (Lipinski definition) is 0. The zero-order chi connectivity index (χ0) is 20.8. The summed E-state index contributed by atoms with van der Waals surface area (Å²) in [4.78, 5) is 0. The van der Waals surface area contributed by atoms with Gasteiger partial charge in [0.25, 0.3) is 0 Å². The number of halogens is 1. The minimum absolute atomic E-state index is 0.496. The topological polar surface area (TPSA) is 0 Å². The largest absolute Gasteiger partial charge is 0.238 e. The van der Waals surface area contributed by atoms with Gasteiger partial charge in [0.1, 0.15) is 5.67 Å². The summed E-state index contributed by atoms with van der Waals surface area (Å²) in [6.07, 6.45) is 15.0. The molecule has 1 atom stereocenters. The van der Waals surface area contributed by atoms with Gasteiger partial charge in [0, 0.05) is 0 Å². The molecular formula is C26H37F. The lowest BCUT2D eigenvalue weighted by Crippen LogP contribution is -2.38. The third kappa shape index (κ3) is 5.31. The van der Waals surface area contributed by atoms with Crippen LogP contribution in [0.5, 0.6) is 0 Å². The number of alkyl halides is 1. The lowest BCUT2D eigenvalue weighted by Gasteiger charge is -2.39. The average Bonchev–Trinajstić information content (AvgIpc) is 2.63. The molecule has 1 unspecified atom stereocenters. The van der Waals surface area contributed by atoms with Gasteiger partial charge in [-0.3, -0.25) is 0 Å². The van der Waals surface area contributed by atoms with E-state index in [9.17, 15) is 0 Å². The summed E-state index contributed by atoms with van der Waals surface area (Å²) in [5, 5.41) is 0. The van der Waals surface area contributed by atoms with E-state index in [0.29, 0.717) is 0 Å². The lowest BCUT2D eigenvalue weighted by atomic mass is 9.69. The number of hydrogen-bond donors (Lipinski definition) is 0. The molecule has 0 bridgehead atoms. The zero-order valence-electron chi connectivity index (χ0n) is 18.4. The molecule has 0 aromatic carbocycles. The van der Waals surface area contributed by atoms with Gasteiger partial charge in [0.2, 0.25) is 0 Å². The van der Waals surface area contributed by atoms with Crippen molar-refractivity contribution in [2.75, 3.05) is 0 Å². The third-order valence-corrected chi connectivity index (χ3v) is 5.65. The highest BCUT2D eigenvalue weighted by Gasteiger charge is 2.43. The van der Waals surface area contributed by atoms with Crippen LogP contribution >= 0.6 is 0 Å². The maximum atomic E-state index is 15.8. The maximum Gasteiger partial charge on any atom is 0.138 e. The van der Waals surface area contributed by atoms with E-state index in [1.807, 2.05) is 33.8 Å². The summed E-state index contributed by atoms with van der Waals surface area (Å²) in [6.45, 7) is 22.2. The molecule has 0 spiro atoms. The molecule has 1 rings (SSSR count). The second kappa shape index (κ2) is 9.35. The van der Waals surface area contributed by atoms with Crippen LogP contribution < -0.4 is 0 Å². The van der Waals surface area contributed by atoms with Gasteiger partial charge in [0.15, 0.2) is 0 Å². The lowest BCUT2D eigenvalue weighted by molar-refractivity contribution is 0.0883. The van der Waals surface area contributed by atoms with E-state index in [-0.39, 0.29) is 0 Å². The minimum Gasteiger partial charge on any atom is -0.238 e. The Morgan fingerprint density at radius 1 is 1.15 bits per heavy atom. The second-order valence-corrected chi connectivity index (χ2v) is 8.41. The summed E-state index contributed by atoms with van der Waals surface area (Å²) < 4.78 is 15.8. The first-order chi connectivity index (χ1) is 12.5. The van der Waals surface area contributed by atoms with E-state index in [1.165, 1.54) is 11.1 Å². The first-order valence-corrected chi connectivity index (χ1v) is 9.97. The van der Waals surface area contributed by atoms with Gasteiger partial charge >= 0.3 is 0 Å². The average molecular weight is 369 g/mol. The molecule has 0 N–H and O–H groups in total. The van der Waals surface area contributed by atoms with Crippen LogP contribution in [0.4, 0.5) is 4.39 Å². The van der Waals surface area contributed by atoms with Gasteiger partial charge in [-0.2, -0.15) is 0 Å². The Labute approximate surface area is 166 Å². The van der Waals surface area contributed by atoms with Crippen molar-refractivity contribution in [1.29, 1.82) is 0 Å². The molecule has 1 aliphatic carbocycles. The Bertz CT molecular complexity index is 725. The van der Waals surface area contributed by atoms with Crippen molar-refractivity contribution in [2.24, 2.45) is 5.41 Å². The molecule has 0 saturated carbocycles. The quantitative estimate of drug-likeness (QED) is 0.396. The van der Waals surface area contributed by atoms with Crippen molar-refractivity contribution in [3.05, 3.63) is 83.1 Å². The van der Waals surface area contributed by atoms with Gasteiger partial charge in [-0.15, -0.1) is 0 Å². The van der Waals surface area contributed by atoms with Crippen molar-refractivity contribution in [2.45, 2.75) is 73.4 Å². The van der Waals surface area contributed by atoms with E-state index in [0.717, 1.165) is 41.6 Å². The Kier molecular flexibility index (Phi) is 8.02. The highest BCUT2D eigenvalue weighted by Crippen LogP contribution is 2.46. The van der Waals surface area contributed by atoms with Gasteiger partial charge in [-0.05, 0) is 73.3 Å². The van der Waals surface area contributed by atoms with E-state index < -0.39 is 11.1 Å². The van der Waals surface area contributed by atoms with Crippen LogP contribution in [0.3, 0.4) is 0 Å². The first-order valence-electron chi connectivity index (χ1n) is 9.97. The molecule has 0 aliphatic heterocycles. The normalized spacial score (nSPS) is 19.2. The van der Waals surface area contributed by atoms with Crippen LogP contribution in [0.25, 0.3) is 0 Å². The van der Waals surface area contributed by atoms with E-state index in [2.05, 4.69) is 57.4 Å². The number of rotatable bonds is 7. The monoisotopic (exact) mass is 368 g/mol. The first kappa shape index (κ1) is 23.1. The molecule has 0 fully saturated rings. The van der Waals surface area contributed by atoms with Crippen LogP contribution in [0.2, 0.25) is 0 Å². The van der Waals surface area contributed by atoms with Gasteiger partial charge in [-0.25, -0.2) is 4.39 Å². The maximum absolute atomic E-state index is 15.8. The molecule has 0 radical (unpaired) electrons. The minimum atomic E-state index is -1.43. The Morgan fingerprint density at radius 2 is 1.74 bits per heavy atom. The zero-order valence-corrected chi connectivity index (χ0v) is 18.4. The van der Waals surface area contributed by atoms with Gasteiger partial charge in [-0.1, -0.05) is 82.9 Å². The van der Waals surface area contributed by atoms with Crippen LogP contribution in [0.15, 0.2) is 83.1 Å². The molecule has 0 heterocycles. The summed E-state index contributed by atoms with van der Waals surface area (Å²) in [6, 6.07) is 0. The van der Waals surface area contributed by atoms with Crippen molar-refractivity contribution in [3.8, 4) is 0 Å². The predicted octanol–water partition coefficient (Wildman–Crippen LogP) is 8.38. The summed E-state index contributed by atoms with van der Waals surface area (Å²) >= 11 is 0. The van der Waals surface area contributed by atoms with Crippen molar-refractivity contribution < 1.29 is 4.39 Å². The third-order valence-electron chi connectivity index (χ3n) is 5.65. The summed E-state index contributed by atoms with van der Waals surface area (Å²) in [5.74, 6) is 0. The molecule has 0 nitrogen and oxygen atoms in total. The second-order valence-electron chi connectivity index (χ2n) is 8.41.